The van der Waals surface area contributed by atoms with Gasteiger partial charge >= 0.3 is 0 Å². The van der Waals surface area contributed by atoms with E-state index in [0.717, 1.165) is 20.4 Å². The van der Waals surface area contributed by atoms with E-state index in [1.807, 2.05) is 12.1 Å². The highest BCUT2D eigenvalue weighted by Gasteiger charge is 1.99. The summed E-state index contributed by atoms with van der Waals surface area (Å²) in [6.07, 6.45) is 3.34. The van der Waals surface area contributed by atoms with Gasteiger partial charge in [-0.25, -0.2) is 9.97 Å². The maximum Gasteiger partial charge on any atom is 0.143 e. The summed E-state index contributed by atoms with van der Waals surface area (Å²) in [6, 6.07) is 8.21. The highest BCUT2D eigenvalue weighted by Crippen LogP contribution is 2.15. The van der Waals surface area contributed by atoms with E-state index in [2.05, 4.69) is 65.9 Å². The molecule has 0 fully saturated rings. The normalized spacial score (nSPS) is 10.1. The monoisotopic (exact) mass is 389 g/mol. The van der Waals surface area contributed by atoms with Crippen molar-refractivity contribution in [2.45, 2.75) is 6.54 Å². The van der Waals surface area contributed by atoms with E-state index in [9.17, 15) is 0 Å². The van der Waals surface area contributed by atoms with Crippen LogP contribution in [0.1, 0.15) is 5.56 Å². The molecule has 0 spiro atoms. The van der Waals surface area contributed by atoms with Crippen molar-refractivity contribution in [3.63, 3.8) is 0 Å². The number of hydrogen-bond donors (Lipinski definition) is 1. The number of anilines is 1. The standard InChI is InChI=1S/C11H9BrIN3/c12-9-3-1-8(2-4-9)5-15-11-10(13)6-14-7-16-11/h1-4,6-7H,5H2,(H,14,15,16). The number of benzene rings is 1. The van der Waals surface area contributed by atoms with Gasteiger partial charge in [0.25, 0.3) is 0 Å². The average Bonchev–Trinajstić information content (AvgIpc) is 2.30. The van der Waals surface area contributed by atoms with Gasteiger partial charge < -0.3 is 5.32 Å². The molecule has 16 heavy (non-hydrogen) atoms. The number of nitrogens with zero attached hydrogens (tertiary/aromatic N) is 2. The minimum absolute atomic E-state index is 0.764. The lowest BCUT2D eigenvalue weighted by atomic mass is 10.2. The zero-order valence-corrected chi connectivity index (χ0v) is 12.1. The summed E-state index contributed by atoms with van der Waals surface area (Å²) in [5.74, 6) is 0.874. The van der Waals surface area contributed by atoms with Crippen LogP contribution < -0.4 is 5.32 Å². The van der Waals surface area contributed by atoms with E-state index in [4.69, 9.17) is 0 Å². The lowest BCUT2D eigenvalue weighted by Crippen LogP contribution is -2.03. The zero-order valence-electron chi connectivity index (χ0n) is 8.32. The second-order valence-electron chi connectivity index (χ2n) is 3.20. The SMILES string of the molecule is Brc1ccc(CNc2ncncc2I)cc1. The first kappa shape index (κ1) is 11.8. The largest absolute Gasteiger partial charge is 0.365 e. The van der Waals surface area contributed by atoms with Gasteiger partial charge in [-0.3, -0.25) is 0 Å². The molecule has 0 unspecified atom stereocenters. The first-order valence-corrected chi connectivity index (χ1v) is 6.57. The number of rotatable bonds is 3. The Balaban J connectivity index is 2.02. The van der Waals surface area contributed by atoms with Crippen molar-refractivity contribution in [1.29, 1.82) is 0 Å². The molecule has 2 rings (SSSR count). The maximum atomic E-state index is 4.17. The lowest BCUT2D eigenvalue weighted by Gasteiger charge is -2.06. The van der Waals surface area contributed by atoms with E-state index < -0.39 is 0 Å². The Morgan fingerprint density at radius 2 is 2.00 bits per heavy atom. The van der Waals surface area contributed by atoms with Gasteiger partial charge in [-0.2, -0.15) is 0 Å². The van der Waals surface area contributed by atoms with Gasteiger partial charge in [0.05, 0.1) is 3.57 Å². The second kappa shape index (κ2) is 5.58. The van der Waals surface area contributed by atoms with Gasteiger partial charge in [-0.05, 0) is 40.3 Å². The fraction of sp³-hybridized carbons (Fsp3) is 0.0909. The Labute approximate surface area is 116 Å². The first-order chi connectivity index (χ1) is 7.75. The van der Waals surface area contributed by atoms with Crippen molar-refractivity contribution in [3.8, 4) is 0 Å². The highest BCUT2D eigenvalue weighted by molar-refractivity contribution is 14.1. The minimum Gasteiger partial charge on any atom is -0.365 e. The summed E-state index contributed by atoms with van der Waals surface area (Å²) in [5, 5.41) is 3.27. The molecule has 0 amide bonds. The van der Waals surface area contributed by atoms with E-state index in [0.29, 0.717) is 0 Å². The maximum absolute atomic E-state index is 4.17. The third-order valence-corrected chi connectivity index (χ3v) is 3.36. The van der Waals surface area contributed by atoms with E-state index >= 15 is 0 Å². The van der Waals surface area contributed by atoms with Gasteiger partial charge in [0, 0.05) is 17.2 Å². The number of hydrogen-bond acceptors (Lipinski definition) is 3. The highest BCUT2D eigenvalue weighted by atomic mass is 127. The van der Waals surface area contributed by atoms with Crippen LogP contribution in [0.15, 0.2) is 41.3 Å². The molecule has 0 aliphatic heterocycles. The summed E-state index contributed by atoms with van der Waals surface area (Å²) in [6.45, 7) is 0.764. The predicted octanol–water partition coefficient (Wildman–Crippen LogP) is 3.46. The molecule has 0 saturated heterocycles. The molecular formula is C11H9BrIN3. The van der Waals surface area contributed by atoms with Gasteiger partial charge in [-0.1, -0.05) is 28.1 Å². The Hall–Kier alpha value is -0.690. The molecule has 1 aromatic carbocycles. The lowest BCUT2D eigenvalue weighted by molar-refractivity contribution is 1.07. The van der Waals surface area contributed by atoms with Crippen LogP contribution in [-0.4, -0.2) is 9.97 Å². The van der Waals surface area contributed by atoms with Crippen molar-refractivity contribution >= 4 is 44.3 Å². The van der Waals surface area contributed by atoms with E-state index in [-0.39, 0.29) is 0 Å². The van der Waals surface area contributed by atoms with Crippen molar-refractivity contribution < 1.29 is 0 Å². The Morgan fingerprint density at radius 1 is 1.25 bits per heavy atom. The van der Waals surface area contributed by atoms with Crippen LogP contribution in [0.5, 0.6) is 0 Å². The molecule has 0 saturated carbocycles. The zero-order chi connectivity index (χ0) is 11.4. The van der Waals surface area contributed by atoms with Crippen LogP contribution in [0.3, 0.4) is 0 Å². The predicted molar refractivity (Wildman–Crippen MR) is 76.2 cm³/mol. The molecule has 2 aromatic rings. The number of aromatic nitrogens is 2. The molecule has 0 radical (unpaired) electrons. The number of nitrogens with one attached hydrogen (secondary N) is 1. The molecule has 82 valence electrons. The van der Waals surface area contributed by atoms with E-state index in [1.165, 1.54) is 5.56 Å². The fourth-order valence-corrected chi connectivity index (χ4v) is 1.99. The Morgan fingerprint density at radius 3 is 2.69 bits per heavy atom. The Bertz CT molecular complexity index is 473. The van der Waals surface area contributed by atoms with Crippen molar-refractivity contribution in [2.75, 3.05) is 5.32 Å². The van der Waals surface area contributed by atoms with Crippen molar-refractivity contribution in [3.05, 3.63) is 50.4 Å². The quantitative estimate of drug-likeness (QED) is 0.817. The molecule has 5 heteroatoms. The Kier molecular flexibility index (Phi) is 4.11. The topological polar surface area (TPSA) is 37.8 Å². The fourth-order valence-electron chi connectivity index (χ4n) is 1.23. The van der Waals surface area contributed by atoms with Crippen molar-refractivity contribution in [1.82, 2.24) is 9.97 Å². The average molecular weight is 390 g/mol. The summed E-state index contributed by atoms with van der Waals surface area (Å²) < 4.78 is 2.12. The van der Waals surface area contributed by atoms with Gasteiger partial charge in [0.1, 0.15) is 12.1 Å². The van der Waals surface area contributed by atoms with Crippen LogP contribution in [0, 0.1) is 3.57 Å². The third kappa shape index (κ3) is 3.15. The van der Waals surface area contributed by atoms with Crippen molar-refractivity contribution in [2.24, 2.45) is 0 Å². The van der Waals surface area contributed by atoms with Gasteiger partial charge in [-0.15, -0.1) is 0 Å². The molecule has 0 bridgehead atoms. The molecule has 3 nitrogen and oxygen atoms in total. The molecular weight excluding hydrogens is 381 g/mol. The van der Waals surface area contributed by atoms with E-state index in [1.54, 1.807) is 12.5 Å². The van der Waals surface area contributed by atoms with Gasteiger partial charge in [0.15, 0.2) is 0 Å². The summed E-state index contributed by atoms with van der Waals surface area (Å²) >= 11 is 5.62. The molecule has 1 aromatic heterocycles. The first-order valence-electron chi connectivity index (χ1n) is 4.69. The van der Waals surface area contributed by atoms with Gasteiger partial charge in [0.2, 0.25) is 0 Å². The summed E-state index contributed by atoms with van der Waals surface area (Å²) in [4.78, 5) is 8.12. The minimum atomic E-state index is 0.764. The smallest absolute Gasteiger partial charge is 0.143 e. The molecule has 1 N–H and O–H groups in total. The molecule has 0 atom stereocenters. The van der Waals surface area contributed by atoms with Crippen LogP contribution in [0.25, 0.3) is 0 Å². The number of halogens is 2. The summed E-state index contributed by atoms with van der Waals surface area (Å²) in [7, 11) is 0. The van der Waals surface area contributed by atoms with Crippen LogP contribution in [0.4, 0.5) is 5.82 Å². The van der Waals surface area contributed by atoms with Crippen LogP contribution in [-0.2, 0) is 6.54 Å². The summed E-state index contributed by atoms with van der Waals surface area (Å²) in [5.41, 5.74) is 1.22. The third-order valence-electron chi connectivity index (χ3n) is 2.04. The molecule has 1 heterocycles. The van der Waals surface area contributed by atoms with Crippen LogP contribution in [0.2, 0.25) is 0 Å². The second-order valence-corrected chi connectivity index (χ2v) is 5.28. The van der Waals surface area contributed by atoms with Crippen LogP contribution >= 0.6 is 38.5 Å². The molecule has 0 aliphatic carbocycles. The molecule has 0 aliphatic rings.